The number of hydrogen-bond acceptors (Lipinski definition) is 8. The SMILES string of the molecule is CC(=O)N[C@H](C(=O)N1C[C@H](O)C[C@H]1C(=O)NCc1ccc(-c2scnc2C)cc1OCCCCCCN)C(C)(C)C. The molecule has 3 rings (SSSR count). The molecular formula is C30H45N5O5S. The van der Waals surface area contributed by atoms with Crippen LogP contribution in [-0.4, -0.2) is 70.6 Å². The third-order valence-electron chi connectivity index (χ3n) is 7.21. The fraction of sp³-hybridized carbons (Fsp3) is 0.600. The summed E-state index contributed by atoms with van der Waals surface area (Å²) in [6, 6.07) is 4.25. The second-order valence-corrected chi connectivity index (χ2v) is 12.6. The summed E-state index contributed by atoms with van der Waals surface area (Å²) in [5.74, 6) is -0.386. The first-order valence-electron chi connectivity index (χ1n) is 14.3. The first kappa shape index (κ1) is 32.5. The van der Waals surface area contributed by atoms with E-state index < -0.39 is 23.6 Å². The van der Waals surface area contributed by atoms with Crippen LogP contribution in [0.25, 0.3) is 10.4 Å². The molecule has 2 heterocycles. The number of unbranched alkanes of at least 4 members (excludes halogenated alkanes) is 3. The van der Waals surface area contributed by atoms with Gasteiger partial charge in [-0.2, -0.15) is 0 Å². The van der Waals surface area contributed by atoms with Gasteiger partial charge in [-0.1, -0.05) is 45.7 Å². The molecule has 10 nitrogen and oxygen atoms in total. The Balaban J connectivity index is 1.74. The Morgan fingerprint density at radius 2 is 1.95 bits per heavy atom. The van der Waals surface area contributed by atoms with Gasteiger partial charge in [-0.3, -0.25) is 14.4 Å². The number of carbonyl (C=O) groups is 3. The number of aliphatic hydroxyl groups excluding tert-OH is 1. The van der Waals surface area contributed by atoms with Crippen molar-refractivity contribution in [2.24, 2.45) is 11.1 Å². The number of amides is 3. The van der Waals surface area contributed by atoms with Crippen LogP contribution < -0.4 is 21.1 Å². The Bertz CT molecular complexity index is 1190. The maximum Gasteiger partial charge on any atom is 0.246 e. The average Bonchev–Trinajstić information content (AvgIpc) is 3.52. The van der Waals surface area contributed by atoms with Crippen LogP contribution in [0, 0.1) is 12.3 Å². The van der Waals surface area contributed by atoms with Gasteiger partial charge in [-0.05, 0) is 43.4 Å². The second-order valence-electron chi connectivity index (χ2n) is 11.8. The van der Waals surface area contributed by atoms with Gasteiger partial charge in [0.1, 0.15) is 17.8 Å². The number of rotatable bonds is 13. The molecule has 0 radical (unpaired) electrons. The van der Waals surface area contributed by atoms with Gasteiger partial charge in [0, 0.05) is 32.0 Å². The summed E-state index contributed by atoms with van der Waals surface area (Å²) in [6.45, 7) is 10.3. The number of likely N-dealkylation sites (tertiary alicyclic amines) is 1. The molecule has 226 valence electrons. The number of aromatic nitrogens is 1. The number of aryl methyl sites for hydroxylation is 1. The molecule has 1 aromatic heterocycles. The molecule has 2 aromatic rings. The first-order chi connectivity index (χ1) is 19.4. The number of nitrogens with zero attached hydrogens (tertiary/aromatic N) is 2. The lowest BCUT2D eigenvalue weighted by Gasteiger charge is -2.35. The normalized spacial score (nSPS) is 17.8. The minimum atomic E-state index is -0.845. The highest BCUT2D eigenvalue weighted by Crippen LogP contribution is 2.32. The number of carbonyl (C=O) groups excluding carboxylic acids is 3. The molecule has 1 aliphatic rings. The minimum absolute atomic E-state index is 0.0322. The van der Waals surface area contributed by atoms with Crippen molar-refractivity contribution in [1.29, 1.82) is 0 Å². The molecule has 3 amide bonds. The maximum absolute atomic E-state index is 13.5. The van der Waals surface area contributed by atoms with Crippen molar-refractivity contribution in [1.82, 2.24) is 20.5 Å². The largest absolute Gasteiger partial charge is 0.493 e. The summed E-state index contributed by atoms with van der Waals surface area (Å²) in [7, 11) is 0. The lowest BCUT2D eigenvalue weighted by atomic mass is 9.85. The maximum atomic E-state index is 13.5. The Hall–Kier alpha value is -3.02. The number of benzene rings is 1. The summed E-state index contributed by atoms with van der Waals surface area (Å²) < 4.78 is 6.19. The van der Waals surface area contributed by atoms with Gasteiger partial charge in [0.05, 0.1) is 28.8 Å². The van der Waals surface area contributed by atoms with Crippen molar-refractivity contribution in [2.75, 3.05) is 19.7 Å². The van der Waals surface area contributed by atoms with Gasteiger partial charge in [-0.25, -0.2) is 4.98 Å². The lowest BCUT2D eigenvalue weighted by Crippen LogP contribution is -2.57. The molecule has 1 fully saturated rings. The van der Waals surface area contributed by atoms with Crippen LogP contribution in [0.4, 0.5) is 0 Å². The highest BCUT2D eigenvalue weighted by molar-refractivity contribution is 7.13. The summed E-state index contributed by atoms with van der Waals surface area (Å²) in [4.78, 5) is 45.5. The zero-order valence-corrected chi connectivity index (χ0v) is 25.7. The molecule has 1 saturated heterocycles. The van der Waals surface area contributed by atoms with E-state index in [9.17, 15) is 19.5 Å². The van der Waals surface area contributed by atoms with Crippen LogP contribution in [0.5, 0.6) is 5.75 Å². The number of thiazole rings is 1. The summed E-state index contributed by atoms with van der Waals surface area (Å²) >= 11 is 1.56. The quantitative estimate of drug-likeness (QED) is 0.263. The number of nitrogens with one attached hydrogen (secondary N) is 2. The fourth-order valence-corrected chi connectivity index (χ4v) is 5.76. The van der Waals surface area contributed by atoms with Crippen LogP contribution >= 0.6 is 11.3 Å². The summed E-state index contributed by atoms with van der Waals surface area (Å²) in [6.07, 6.45) is 3.28. The highest BCUT2D eigenvalue weighted by atomic mass is 32.1. The van der Waals surface area contributed by atoms with Crippen LogP contribution in [0.2, 0.25) is 0 Å². The van der Waals surface area contributed by atoms with E-state index in [1.165, 1.54) is 11.8 Å². The minimum Gasteiger partial charge on any atom is -0.493 e. The zero-order valence-electron chi connectivity index (χ0n) is 24.9. The van der Waals surface area contributed by atoms with Gasteiger partial charge in [-0.15, -0.1) is 11.3 Å². The van der Waals surface area contributed by atoms with E-state index in [0.29, 0.717) is 18.9 Å². The Morgan fingerprint density at radius 3 is 2.59 bits per heavy atom. The van der Waals surface area contributed by atoms with E-state index in [-0.39, 0.29) is 37.2 Å². The molecule has 1 aliphatic heterocycles. The van der Waals surface area contributed by atoms with Crippen molar-refractivity contribution in [3.63, 3.8) is 0 Å². The van der Waals surface area contributed by atoms with Crippen molar-refractivity contribution < 1.29 is 24.2 Å². The van der Waals surface area contributed by atoms with Crippen molar-refractivity contribution in [3.8, 4) is 16.2 Å². The summed E-state index contributed by atoms with van der Waals surface area (Å²) in [5, 5.41) is 16.1. The molecular weight excluding hydrogens is 542 g/mol. The molecule has 0 unspecified atom stereocenters. The molecule has 41 heavy (non-hydrogen) atoms. The van der Waals surface area contributed by atoms with Gasteiger partial charge in [0.25, 0.3) is 0 Å². The standard InChI is InChI=1S/C30H45N5O5S/c1-19-26(41-18-33-19)21-10-11-22(25(14-21)40-13-9-7-6-8-12-31)16-32-28(38)24-15-23(37)17-35(24)29(39)27(30(3,4)5)34-20(2)36/h10-11,14,18,23-24,27,37H,6-9,12-13,15-17,31H2,1-5H3,(H,32,38)(H,34,36)/t23-,24+,27-/m1/s1. The molecule has 0 saturated carbocycles. The third kappa shape index (κ3) is 8.98. The zero-order chi connectivity index (χ0) is 30.2. The van der Waals surface area contributed by atoms with E-state index >= 15 is 0 Å². The van der Waals surface area contributed by atoms with Crippen LogP contribution in [0.15, 0.2) is 23.7 Å². The topological polar surface area (TPSA) is 147 Å². The second kappa shape index (κ2) is 14.7. The van der Waals surface area contributed by atoms with Gasteiger partial charge in [0.15, 0.2) is 0 Å². The first-order valence-corrected chi connectivity index (χ1v) is 15.2. The number of β-amino-alcohol motifs (C(OH)–C–C–N with tert-alkyl or cyclic N) is 1. The average molecular weight is 588 g/mol. The Labute approximate surface area is 247 Å². The van der Waals surface area contributed by atoms with E-state index in [1.54, 1.807) is 11.3 Å². The molecule has 0 spiro atoms. The molecule has 5 N–H and O–H groups in total. The highest BCUT2D eigenvalue weighted by Gasteiger charge is 2.44. The van der Waals surface area contributed by atoms with E-state index in [2.05, 4.69) is 15.6 Å². The number of hydrogen-bond donors (Lipinski definition) is 4. The monoisotopic (exact) mass is 587 g/mol. The summed E-state index contributed by atoms with van der Waals surface area (Å²) in [5.41, 5.74) is 9.59. The molecule has 0 bridgehead atoms. The van der Waals surface area contributed by atoms with Crippen molar-refractivity contribution in [2.45, 2.75) is 91.5 Å². The van der Waals surface area contributed by atoms with Crippen molar-refractivity contribution >= 4 is 29.1 Å². The van der Waals surface area contributed by atoms with E-state index in [0.717, 1.165) is 47.4 Å². The number of ether oxygens (including phenoxy) is 1. The lowest BCUT2D eigenvalue weighted by molar-refractivity contribution is -0.143. The van der Waals surface area contributed by atoms with Gasteiger partial charge < -0.3 is 31.1 Å². The predicted molar refractivity (Wildman–Crippen MR) is 160 cm³/mol. The number of nitrogens with two attached hydrogens (primary N) is 1. The van der Waals surface area contributed by atoms with E-state index in [1.807, 2.05) is 51.4 Å². The van der Waals surface area contributed by atoms with Crippen molar-refractivity contribution in [3.05, 3.63) is 35.0 Å². The molecule has 3 atom stereocenters. The number of aliphatic hydroxyl groups is 1. The smallest absolute Gasteiger partial charge is 0.246 e. The van der Waals surface area contributed by atoms with Crippen LogP contribution in [0.3, 0.4) is 0 Å². The Morgan fingerprint density at radius 1 is 1.22 bits per heavy atom. The fourth-order valence-electron chi connectivity index (χ4n) is 4.96. The van der Waals surface area contributed by atoms with Crippen LogP contribution in [-0.2, 0) is 20.9 Å². The van der Waals surface area contributed by atoms with E-state index in [4.69, 9.17) is 10.5 Å². The predicted octanol–water partition coefficient (Wildman–Crippen LogP) is 3.15. The third-order valence-corrected chi connectivity index (χ3v) is 8.19. The van der Waals surface area contributed by atoms with Gasteiger partial charge in [0.2, 0.25) is 17.7 Å². The van der Waals surface area contributed by atoms with Crippen LogP contribution in [0.1, 0.15) is 71.1 Å². The molecule has 11 heteroatoms. The molecule has 0 aliphatic carbocycles. The Kier molecular flexibility index (Phi) is 11.7. The molecule has 1 aromatic carbocycles. The van der Waals surface area contributed by atoms with Gasteiger partial charge >= 0.3 is 0 Å².